The zero-order valence-corrected chi connectivity index (χ0v) is 7.30. The van der Waals surface area contributed by atoms with Gasteiger partial charge in [0.15, 0.2) is 5.95 Å². The molecule has 1 aromatic heterocycles. The van der Waals surface area contributed by atoms with Gasteiger partial charge in [0.05, 0.1) is 11.1 Å². The summed E-state index contributed by atoms with van der Waals surface area (Å²) in [5.41, 5.74) is 7.03. The van der Waals surface area contributed by atoms with Gasteiger partial charge in [0.25, 0.3) is 5.24 Å². The van der Waals surface area contributed by atoms with Crippen molar-refractivity contribution in [2.45, 2.75) is 0 Å². The van der Waals surface area contributed by atoms with Gasteiger partial charge in [-0.05, 0) is 23.7 Å². The van der Waals surface area contributed by atoms with Crippen molar-refractivity contribution in [1.29, 1.82) is 0 Å². The number of nitrogens with zero attached hydrogens (tertiary/aromatic N) is 1. The highest BCUT2D eigenvalue weighted by molar-refractivity contribution is 6.68. The number of aromatic amines is 1. The van der Waals surface area contributed by atoms with Gasteiger partial charge in [-0.25, -0.2) is 4.98 Å². The lowest BCUT2D eigenvalue weighted by Crippen LogP contribution is -1.90. The average molecular weight is 196 g/mol. The smallest absolute Gasteiger partial charge is 0.254 e. The average Bonchev–Trinajstić information content (AvgIpc) is 2.43. The van der Waals surface area contributed by atoms with Crippen molar-refractivity contribution in [1.82, 2.24) is 9.97 Å². The van der Waals surface area contributed by atoms with Crippen molar-refractivity contribution in [2.24, 2.45) is 0 Å². The SMILES string of the molecule is Nc1nc2c(C(=O)Cl)cccc2[nH]1. The van der Waals surface area contributed by atoms with Crippen LogP contribution in [0, 0.1) is 0 Å². The maximum absolute atomic E-state index is 10.9. The second-order valence-electron chi connectivity index (χ2n) is 2.60. The fourth-order valence-corrected chi connectivity index (χ4v) is 1.36. The molecule has 13 heavy (non-hydrogen) atoms. The van der Waals surface area contributed by atoms with Gasteiger partial charge in [0, 0.05) is 0 Å². The molecule has 0 spiro atoms. The first-order chi connectivity index (χ1) is 6.18. The van der Waals surface area contributed by atoms with Crippen molar-refractivity contribution in [3.05, 3.63) is 23.8 Å². The quantitative estimate of drug-likeness (QED) is 0.678. The summed E-state index contributed by atoms with van der Waals surface area (Å²) in [4.78, 5) is 17.7. The number of nitrogens with one attached hydrogen (secondary N) is 1. The van der Waals surface area contributed by atoms with Gasteiger partial charge in [-0.15, -0.1) is 0 Å². The third kappa shape index (κ3) is 1.25. The van der Waals surface area contributed by atoms with Crippen LogP contribution >= 0.6 is 11.6 Å². The van der Waals surface area contributed by atoms with Crippen LogP contribution in [-0.2, 0) is 0 Å². The Hall–Kier alpha value is -1.55. The zero-order valence-electron chi connectivity index (χ0n) is 6.54. The number of benzene rings is 1. The number of halogens is 1. The van der Waals surface area contributed by atoms with Crippen LogP contribution in [0.4, 0.5) is 5.95 Å². The molecule has 0 fully saturated rings. The number of anilines is 1. The van der Waals surface area contributed by atoms with Crippen LogP contribution in [0.3, 0.4) is 0 Å². The highest BCUT2D eigenvalue weighted by Gasteiger charge is 2.09. The highest BCUT2D eigenvalue weighted by Crippen LogP contribution is 2.18. The summed E-state index contributed by atoms with van der Waals surface area (Å²) in [5, 5.41) is -0.530. The Balaban J connectivity index is 2.82. The molecule has 0 saturated carbocycles. The Labute approximate surface area is 78.7 Å². The molecule has 0 bridgehead atoms. The van der Waals surface area contributed by atoms with E-state index in [2.05, 4.69) is 9.97 Å². The monoisotopic (exact) mass is 195 g/mol. The molecule has 0 aliphatic carbocycles. The number of H-pyrrole nitrogens is 1. The molecule has 1 aromatic carbocycles. The van der Waals surface area contributed by atoms with Gasteiger partial charge in [-0.3, -0.25) is 4.79 Å². The van der Waals surface area contributed by atoms with Crippen LogP contribution in [0.15, 0.2) is 18.2 Å². The van der Waals surface area contributed by atoms with Crippen LogP contribution in [0.2, 0.25) is 0 Å². The predicted octanol–water partition coefficient (Wildman–Crippen LogP) is 1.52. The number of nitrogens with two attached hydrogens (primary N) is 1. The number of carbonyl (C=O) groups is 1. The molecule has 2 rings (SSSR count). The lowest BCUT2D eigenvalue weighted by atomic mass is 10.2. The Morgan fingerprint density at radius 3 is 3.00 bits per heavy atom. The molecule has 0 aliphatic rings. The van der Waals surface area contributed by atoms with E-state index in [-0.39, 0.29) is 5.95 Å². The van der Waals surface area contributed by atoms with Gasteiger partial charge in [0.2, 0.25) is 0 Å². The third-order valence-corrected chi connectivity index (χ3v) is 1.95. The first-order valence-corrected chi connectivity index (χ1v) is 4.00. The number of imidazole rings is 1. The molecule has 4 nitrogen and oxygen atoms in total. The summed E-state index contributed by atoms with van der Waals surface area (Å²) in [5.74, 6) is 0.278. The fourth-order valence-electron chi connectivity index (χ4n) is 1.21. The number of hydrogen-bond donors (Lipinski definition) is 2. The van der Waals surface area contributed by atoms with E-state index < -0.39 is 5.24 Å². The maximum atomic E-state index is 10.9. The van der Waals surface area contributed by atoms with Crippen LogP contribution in [0.1, 0.15) is 10.4 Å². The van der Waals surface area contributed by atoms with Crippen molar-refractivity contribution >= 4 is 33.8 Å². The summed E-state index contributed by atoms with van der Waals surface area (Å²) in [6.07, 6.45) is 0. The van der Waals surface area contributed by atoms with E-state index >= 15 is 0 Å². The molecular weight excluding hydrogens is 190 g/mol. The molecule has 0 radical (unpaired) electrons. The summed E-state index contributed by atoms with van der Waals surface area (Å²) in [6.45, 7) is 0. The number of fused-ring (bicyclic) bond motifs is 1. The Bertz CT molecular complexity index is 477. The molecule has 0 unspecified atom stereocenters. The minimum Gasteiger partial charge on any atom is -0.369 e. The van der Waals surface area contributed by atoms with Gasteiger partial charge in [0.1, 0.15) is 5.52 Å². The molecule has 0 aliphatic heterocycles. The second kappa shape index (κ2) is 2.74. The Kier molecular flexibility index (Phi) is 1.70. The van der Waals surface area contributed by atoms with E-state index in [9.17, 15) is 4.79 Å². The lowest BCUT2D eigenvalue weighted by Gasteiger charge is -1.92. The van der Waals surface area contributed by atoms with E-state index in [1.807, 2.05) is 0 Å². The predicted molar refractivity (Wildman–Crippen MR) is 50.7 cm³/mol. The molecule has 3 N–H and O–H groups in total. The summed E-state index contributed by atoms with van der Waals surface area (Å²) < 4.78 is 0. The number of hydrogen-bond acceptors (Lipinski definition) is 3. The number of para-hydroxylation sites is 1. The van der Waals surface area contributed by atoms with Gasteiger partial charge in [-0.1, -0.05) is 6.07 Å². The molecule has 0 amide bonds. The van der Waals surface area contributed by atoms with Crippen molar-refractivity contribution < 1.29 is 4.79 Å². The standard InChI is InChI=1S/C8H6ClN3O/c9-7(13)4-2-1-3-5-6(4)12-8(10)11-5/h1-3H,(H3,10,11,12). The Morgan fingerprint density at radius 1 is 1.54 bits per heavy atom. The summed E-state index contributed by atoms with van der Waals surface area (Å²) in [7, 11) is 0. The van der Waals surface area contributed by atoms with Crippen molar-refractivity contribution in [3.63, 3.8) is 0 Å². The van der Waals surface area contributed by atoms with Crippen molar-refractivity contribution in [2.75, 3.05) is 5.73 Å². The van der Waals surface area contributed by atoms with Crippen LogP contribution in [0.25, 0.3) is 11.0 Å². The molecule has 1 heterocycles. The number of carbonyl (C=O) groups excluding carboxylic acids is 1. The van der Waals surface area contributed by atoms with E-state index in [0.29, 0.717) is 16.6 Å². The minimum atomic E-state index is -0.530. The van der Waals surface area contributed by atoms with Crippen LogP contribution in [0.5, 0.6) is 0 Å². The molecule has 0 atom stereocenters. The third-order valence-electron chi connectivity index (χ3n) is 1.74. The number of nitrogen functional groups attached to an aromatic ring is 1. The molecular formula is C8H6ClN3O. The first kappa shape index (κ1) is 8.07. The summed E-state index contributed by atoms with van der Waals surface area (Å²) in [6, 6.07) is 5.11. The van der Waals surface area contributed by atoms with Gasteiger partial charge in [-0.2, -0.15) is 0 Å². The number of rotatable bonds is 1. The Morgan fingerprint density at radius 2 is 2.31 bits per heavy atom. The normalized spacial score (nSPS) is 10.5. The molecule has 5 heteroatoms. The largest absolute Gasteiger partial charge is 0.369 e. The van der Waals surface area contributed by atoms with Crippen molar-refractivity contribution in [3.8, 4) is 0 Å². The topological polar surface area (TPSA) is 71.8 Å². The summed E-state index contributed by atoms with van der Waals surface area (Å²) >= 11 is 5.36. The van der Waals surface area contributed by atoms with E-state index in [1.54, 1.807) is 18.2 Å². The van der Waals surface area contributed by atoms with Gasteiger partial charge < -0.3 is 10.7 Å². The maximum Gasteiger partial charge on any atom is 0.254 e. The van der Waals surface area contributed by atoms with E-state index in [1.165, 1.54) is 0 Å². The molecule has 0 saturated heterocycles. The van der Waals surface area contributed by atoms with E-state index in [4.69, 9.17) is 17.3 Å². The van der Waals surface area contributed by atoms with Crippen LogP contribution in [-0.4, -0.2) is 15.2 Å². The zero-order chi connectivity index (χ0) is 9.42. The molecule has 66 valence electrons. The highest BCUT2D eigenvalue weighted by atomic mass is 35.5. The van der Waals surface area contributed by atoms with E-state index in [0.717, 1.165) is 0 Å². The van der Waals surface area contributed by atoms with Crippen LogP contribution < -0.4 is 5.73 Å². The first-order valence-electron chi connectivity index (χ1n) is 3.62. The molecule has 2 aromatic rings. The fraction of sp³-hybridized carbons (Fsp3) is 0. The minimum absolute atomic E-state index is 0.278. The second-order valence-corrected chi connectivity index (χ2v) is 2.94. The number of aromatic nitrogens is 2. The van der Waals surface area contributed by atoms with Gasteiger partial charge >= 0.3 is 0 Å². The lowest BCUT2D eigenvalue weighted by molar-refractivity contribution is 0.108.